The molecule has 0 saturated carbocycles. The molecule has 0 unspecified atom stereocenters. The van der Waals surface area contributed by atoms with E-state index in [1.807, 2.05) is 42.5 Å². The van der Waals surface area contributed by atoms with Crippen LogP contribution in [0.25, 0.3) is 11.1 Å². The van der Waals surface area contributed by atoms with Crippen molar-refractivity contribution in [3.05, 3.63) is 54.6 Å². The molecule has 4 heteroatoms. The number of ether oxygens (including phenoxy) is 1. The van der Waals surface area contributed by atoms with E-state index in [4.69, 9.17) is 4.74 Å². The quantitative estimate of drug-likeness (QED) is 0.856. The third-order valence-corrected chi connectivity index (χ3v) is 4.35. The minimum Gasteiger partial charge on any atom is -0.491 e. The van der Waals surface area contributed by atoms with E-state index in [-0.39, 0.29) is 12.7 Å². The number of β-amino-alcohol motifs (C(OH)–C–C–N with tert-alkyl or cyclic N) is 2. The summed E-state index contributed by atoms with van der Waals surface area (Å²) in [6, 6.07) is 18.1. The van der Waals surface area contributed by atoms with Crippen molar-refractivity contribution in [2.75, 3.05) is 26.2 Å². The van der Waals surface area contributed by atoms with E-state index in [0.717, 1.165) is 30.7 Å². The van der Waals surface area contributed by atoms with Crippen LogP contribution in [0.2, 0.25) is 0 Å². The molecule has 128 valence electrons. The van der Waals surface area contributed by atoms with Gasteiger partial charge < -0.3 is 14.9 Å². The van der Waals surface area contributed by atoms with Gasteiger partial charge in [-0.3, -0.25) is 4.90 Å². The van der Waals surface area contributed by atoms with E-state index in [9.17, 15) is 10.2 Å². The van der Waals surface area contributed by atoms with Crippen LogP contribution in [0.4, 0.5) is 0 Å². The Bertz CT molecular complexity index is 615. The first kappa shape index (κ1) is 17.0. The Labute approximate surface area is 143 Å². The molecule has 0 amide bonds. The molecule has 1 heterocycles. The van der Waals surface area contributed by atoms with Gasteiger partial charge in [0.1, 0.15) is 18.5 Å². The lowest BCUT2D eigenvalue weighted by Gasteiger charge is -2.31. The molecule has 4 nitrogen and oxygen atoms in total. The van der Waals surface area contributed by atoms with E-state index in [0.29, 0.717) is 13.1 Å². The number of rotatable bonds is 6. The van der Waals surface area contributed by atoms with Crippen molar-refractivity contribution in [1.82, 2.24) is 4.90 Å². The van der Waals surface area contributed by atoms with Gasteiger partial charge in [0.2, 0.25) is 0 Å². The maximum Gasteiger partial charge on any atom is 0.119 e. The van der Waals surface area contributed by atoms with Crippen LogP contribution in [-0.4, -0.2) is 53.6 Å². The normalized spacial score (nSPS) is 19.8. The lowest BCUT2D eigenvalue weighted by Crippen LogP contribution is -2.43. The predicted octanol–water partition coefficient (Wildman–Crippen LogP) is 2.55. The maximum absolute atomic E-state index is 10.1. The first-order valence-electron chi connectivity index (χ1n) is 8.57. The Hall–Kier alpha value is -1.88. The molecule has 0 radical (unpaired) electrons. The number of benzene rings is 2. The molecule has 2 aromatic rings. The van der Waals surface area contributed by atoms with E-state index in [1.165, 1.54) is 5.56 Å². The highest BCUT2D eigenvalue weighted by molar-refractivity contribution is 5.63. The zero-order valence-corrected chi connectivity index (χ0v) is 13.8. The topological polar surface area (TPSA) is 52.9 Å². The molecular weight excluding hydrogens is 302 g/mol. The number of likely N-dealkylation sites (tertiary alicyclic amines) is 1. The van der Waals surface area contributed by atoms with Gasteiger partial charge in [-0.25, -0.2) is 0 Å². The van der Waals surface area contributed by atoms with Gasteiger partial charge in [-0.2, -0.15) is 0 Å². The molecule has 1 fully saturated rings. The van der Waals surface area contributed by atoms with Crippen molar-refractivity contribution in [3.8, 4) is 16.9 Å². The lowest BCUT2D eigenvalue weighted by molar-refractivity contribution is 0.0243. The summed E-state index contributed by atoms with van der Waals surface area (Å²) in [6.45, 7) is 2.37. The van der Waals surface area contributed by atoms with Gasteiger partial charge in [-0.1, -0.05) is 42.5 Å². The first-order chi connectivity index (χ1) is 11.7. The Balaban J connectivity index is 1.48. The molecule has 3 rings (SSSR count). The third kappa shape index (κ3) is 4.81. The SMILES string of the molecule is O[C@H](COc1ccc(-c2ccccc2)cc1)CN1CCC[C@H](O)C1. The Morgan fingerprint density at radius 3 is 2.46 bits per heavy atom. The highest BCUT2D eigenvalue weighted by Gasteiger charge is 2.20. The van der Waals surface area contributed by atoms with Crippen LogP contribution in [0.1, 0.15) is 12.8 Å². The lowest BCUT2D eigenvalue weighted by atomic mass is 10.1. The van der Waals surface area contributed by atoms with Gasteiger partial charge in [0.05, 0.1) is 6.10 Å². The zero-order chi connectivity index (χ0) is 16.8. The number of aliphatic hydroxyl groups is 2. The van der Waals surface area contributed by atoms with E-state index in [2.05, 4.69) is 17.0 Å². The Morgan fingerprint density at radius 1 is 1.04 bits per heavy atom. The summed E-state index contributed by atoms with van der Waals surface area (Å²) in [5, 5.41) is 19.8. The average molecular weight is 327 g/mol. The van der Waals surface area contributed by atoms with Crippen LogP contribution in [0.15, 0.2) is 54.6 Å². The van der Waals surface area contributed by atoms with Crippen molar-refractivity contribution in [3.63, 3.8) is 0 Å². The van der Waals surface area contributed by atoms with Crippen molar-refractivity contribution < 1.29 is 14.9 Å². The van der Waals surface area contributed by atoms with Gasteiger partial charge in [0.15, 0.2) is 0 Å². The van der Waals surface area contributed by atoms with Crippen LogP contribution in [-0.2, 0) is 0 Å². The number of piperidine rings is 1. The minimum absolute atomic E-state index is 0.261. The van der Waals surface area contributed by atoms with E-state index >= 15 is 0 Å². The van der Waals surface area contributed by atoms with E-state index in [1.54, 1.807) is 0 Å². The van der Waals surface area contributed by atoms with Gasteiger partial charge >= 0.3 is 0 Å². The maximum atomic E-state index is 10.1. The zero-order valence-electron chi connectivity index (χ0n) is 13.8. The van der Waals surface area contributed by atoms with Crippen LogP contribution >= 0.6 is 0 Å². The monoisotopic (exact) mass is 327 g/mol. The molecule has 0 spiro atoms. The van der Waals surface area contributed by atoms with Crippen LogP contribution < -0.4 is 4.74 Å². The summed E-state index contributed by atoms with van der Waals surface area (Å²) >= 11 is 0. The van der Waals surface area contributed by atoms with Gasteiger partial charge in [-0.15, -0.1) is 0 Å². The first-order valence-corrected chi connectivity index (χ1v) is 8.57. The molecule has 2 atom stereocenters. The molecule has 1 aliphatic rings. The highest BCUT2D eigenvalue weighted by atomic mass is 16.5. The third-order valence-electron chi connectivity index (χ3n) is 4.35. The smallest absolute Gasteiger partial charge is 0.119 e. The van der Waals surface area contributed by atoms with Crippen molar-refractivity contribution in [2.45, 2.75) is 25.0 Å². The predicted molar refractivity (Wildman–Crippen MR) is 95.1 cm³/mol. The summed E-state index contributed by atoms with van der Waals surface area (Å²) in [5.74, 6) is 0.757. The molecule has 2 N–H and O–H groups in total. The van der Waals surface area contributed by atoms with Gasteiger partial charge in [-0.05, 0) is 42.6 Å². The van der Waals surface area contributed by atoms with E-state index < -0.39 is 6.10 Å². The van der Waals surface area contributed by atoms with Crippen LogP contribution in [0.5, 0.6) is 5.75 Å². The summed E-state index contributed by atoms with van der Waals surface area (Å²) in [5.41, 5.74) is 2.32. The Kier molecular flexibility index (Phi) is 5.86. The van der Waals surface area contributed by atoms with Gasteiger partial charge in [0, 0.05) is 13.1 Å². The molecular formula is C20H25NO3. The molecule has 0 bridgehead atoms. The number of hydrogen-bond acceptors (Lipinski definition) is 4. The fraction of sp³-hybridized carbons (Fsp3) is 0.400. The molecule has 1 aliphatic heterocycles. The summed E-state index contributed by atoms with van der Waals surface area (Å²) < 4.78 is 5.69. The fourth-order valence-electron chi connectivity index (χ4n) is 3.11. The van der Waals surface area contributed by atoms with Crippen molar-refractivity contribution in [1.29, 1.82) is 0 Å². The highest BCUT2D eigenvalue weighted by Crippen LogP contribution is 2.22. The molecule has 1 saturated heterocycles. The summed E-state index contributed by atoms with van der Waals surface area (Å²) in [4.78, 5) is 2.10. The summed E-state index contributed by atoms with van der Waals surface area (Å²) in [6.07, 6.45) is 1.02. The standard InChI is InChI=1S/C20H25NO3/c22-18-7-4-12-21(13-18)14-19(23)15-24-20-10-8-17(9-11-20)16-5-2-1-3-6-16/h1-3,5-6,8-11,18-19,22-23H,4,7,12-15H2/t18-,19-/m0/s1. The second-order valence-electron chi connectivity index (χ2n) is 6.41. The average Bonchev–Trinajstić information content (AvgIpc) is 2.61. The number of hydrogen-bond donors (Lipinski definition) is 2. The number of nitrogens with zero attached hydrogens (tertiary/aromatic N) is 1. The fourth-order valence-corrected chi connectivity index (χ4v) is 3.11. The summed E-state index contributed by atoms with van der Waals surface area (Å²) in [7, 11) is 0. The second kappa shape index (κ2) is 8.29. The minimum atomic E-state index is -0.552. The molecule has 0 aromatic heterocycles. The molecule has 24 heavy (non-hydrogen) atoms. The number of aliphatic hydroxyl groups excluding tert-OH is 2. The Morgan fingerprint density at radius 2 is 1.75 bits per heavy atom. The molecule has 2 aromatic carbocycles. The van der Waals surface area contributed by atoms with Crippen molar-refractivity contribution in [2.24, 2.45) is 0 Å². The molecule has 0 aliphatic carbocycles. The van der Waals surface area contributed by atoms with Gasteiger partial charge in [0.25, 0.3) is 0 Å². The van der Waals surface area contributed by atoms with Crippen LogP contribution in [0, 0.1) is 0 Å². The largest absolute Gasteiger partial charge is 0.491 e. The van der Waals surface area contributed by atoms with Crippen LogP contribution in [0.3, 0.4) is 0 Å². The second-order valence-corrected chi connectivity index (χ2v) is 6.41. The van der Waals surface area contributed by atoms with Crippen molar-refractivity contribution >= 4 is 0 Å².